The minimum Gasteiger partial charge on any atom is -0.310 e. The van der Waals surface area contributed by atoms with Crippen molar-refractivity contribution in [1.29, 1.82) is 0 Å². The molecule has 5 heteroatoms. The second kappa shape index (κ2) is 27.9. The second-order valence-corrected chi connectivity index (χ2v) is 35.2. The molecule has 0 unspecified atom stereocenters. The van der Waals surface area contributed by atoms with Gasteiger partial charge in [-0.2, -0.15) is 0 Å². The van der Waals surface area contributed by atoms with Crippen LogP contribution in [-0.4, -0.2) is 6.71 Å². The van der Waals surface area contributed by atoms with E-state index in [9.17, 15) is 0 Å². The van der Waals surface area contributed by atoms with Crippen molar-refractivity contribution in [1.82, 2.24) is 0 Å². The van der Waals surface area contributed by atoms with Crippen LogP contribution in [-0.2, 0) is 10.8 Å². The molecule has 0 aliphatic carbocycles. The van der Waals surface area contributed by atoms with Gasteiger partial charge in [-0.1, -0.05) is 315 Å². The summed E-state index contributed by atoms with van der Waals surface area (Å²) in [7, 11) is 0. The standard InChI is InChI=1S/C110H81BN2S2/c1-109(2,3)84-66-90(74-40-21-11-22-41-74)107(91(67-84)75-42-23-12-24-43-75)112-96-48-31-49-97-106(96)111(94-56-54-76(64-98(94)112)82-60-78(70-32-13-7-14-33-70)58-79(61-82)71-34-15-8-16-35-71)95-57-55-77(83-62-80(72-36-17-9-18-37-72)59-81(63-83)73-38-19-10-20-39-73)65-99(95)113(97)108-92(86-46-29-52-102-104(86)88-44-25-27-50-100(88)114-102)68-85(110(4,5)6)69-93(108)87-47-30-53-103-105(87)89-45-26-28-51-101(89)115-103/h7-69H,1-6H3. The minimum absolute atomic E-state index is 0.206. The van der Waals surface area contributed by atoms with Gasteiger partial charge in [-0.15, -0.1) is 22.7 Å². The van der Waals surface area contributed by atoms with Crippen LogP contribution < -0.4 is 26.2 Å². The van der Waals surface area contributed by atoms with Gasteiger partial charge in [0.2, 0.25) is 0 Å². The van der Waals surface area contributed by atoms with Crippen LogP contribution >= 0.6 is 22.7 Å². The van der Waals surface area contributed by atoms with E-state index in [1.165, 1.54) is 135 Å². The highest BCUT2D eigenvalue weighted by Gasteiger charge is 2.46. The normalized spacial score (nSPS) is 12.6. The number of hydrogen-bond donors (Lipinski definition) is 0. The molecule has 546 valence electrons. The fourth-order valence-corrected chi connectivity index (χ4v) is 20.5. The summed E-state index contributed by atoms with van der Waals surface area (Å²) in [5.74, 6) is 0. The topological polar surface area (TPSA) is 6.48 Å². The van der Waals surface area contributed by atoms with Crippen molar-refractivity contribution in [3.8, 4) is 111 Å². The van der Waals surface area contributed by atoms with Crippen LogP contribution in [0, 0.1) is 0 Å². The summed E-state index contributed by atoms with van der Waals surface area (Å²) >= 11 is 3.78. The molecule has 2 aromatic heterocycles. The number of hydrogen-bond acceptors (Lipinski definition) is 4. The molecular formula is C110H81BN2S2. The van der Waals surface area contributed by atoms with Gasteiger partial charge in [0, 0.05) is 85.3 Å². The largest absolute Gasteiger partial charge is 0.310 e. The lowest BCUT2D eigenvalue weighted by Crippen LogP contribution is -2.61. The van der Waals surface area contributed by atoms with Gasteiger partial charge < -0.3 is 9.80 Å². The highest BCUT2D eigenvalue weighted by Crippen LogP contribution is 2.57. The molecule has 19 aromatic rings. The molecule has 0 atom stereocenters. The van der Waals surface area contributed by atoms with Gasteiger partial charge in [-0.25, -0.2) is 0 Å². The molecular weight excluding hydrogens is 1420 g/mol. The number of thiophene rings is 2. The smallest absolute Gasteiger partial charge is 0.252 e. The summed E-state index contributed by atoms with van der Waals surface area (Å²) in [5.41, 5.74) is 35.8. The van der Waals surface area contributed by atoms with Crippen LogP contribution in [0.1, 0.15) is 52.7 Å². The predicted molar refractivity (Wildman–Crippen MR) is 498 cm³/mol. The van der Waals surface area contributed by atoms with E-state index < -0.39 is 0 Å². The highest BCUT2D eigenvalue weighted by molar-refractivity contribution is 7.26. The molecule has 0 fully saturated rings. The van der Waals surface area contributed by atoms with Crippen molar-refractivity contribution in [3.05, 3.63) is 393 Å². The fraction of sp³-hybridized carbons (Fsp3) is 0.0727. The summed E-state index contributed by atoms with van der Waals surface area (Å²) in [6.45, 7) is 14.0. The van der Waals surface area contributed by atoms with E-state index >= 15 is 0 Å². The van der Waals surface area contributed by atoms with Crippen molar-refractivity contribution < 1.29 is 0 Å². The number of benzene rings is 17. The monoisotopic (exact) mass is 1500 g/mol. The van der Waals surface area contributed by atoms with E-state index in [0.29, 0.717) is 0 Å². The molecule has 115 heavy (non-hydrogen) atoms. The Morgan fingerprint density at radius 2 is 0.513 bits per heavy atom. The molecule has 0 radical (unpaired) electrons. The van der Waals surface area contributed by atoms with Crippen molar-refractivity contribution >= 4 is 120 Å². The zero-order valence-electron chi connectivity index (χ0n) is 65.2. The first-order chi connectivity index (χ1) is 56.3. The van der Waals surface area contributed by atoms with Crippen LogP contribution in [0.15, 0.2) is 382 Å². The van der Waals surface area contributed by atoms with Crippen LogP contribution in [0.25, 0.3) is 152 Å². The van der Waals surface area contributed by atoms with Crippen LogP contribution in [0.2, 0.25) is 0 Å². The van der Waals surface area contributed by atoms with E-state index in [4.69, 9.17) is 0 Å². The molecule has 21 rings (SSSR count). The van der Waals surface area contributed by atoms with Gasteiger partial charge >= 0.3 is 0 Å². The Morgan fingerprint density at radius 1 is 0.217 bits per heavy atom. The Kier molecular flexibility index (Phi) is 16.9. The molecule has 2 aliphatic heterocycles. The average Bonchev–Trinajstić information content (AvgIpc) is 0.999. The average molecular weight is 1510 g/mol. The lowest BCUT2D eigenvalue weighted by molar-refractivity contribution is 0.590. The molecule has 17 aromatic carbocycles. The summed E-state index contributed by atoms with van der Waals surface area (Å²) < 4.78 is 5.08. The molecule has 2 aliphatic rings. The SMILES string of the molecule is CC(C)(C)c1cc(-c2ccccc2)c(N2c3cc(-c4cc(-c5ccccc5)cc(-c5ccccc5)c4)ccc3B3c4ccc(-c5cc(-c6ccccc6)cc(-c6ccccc6)c5)cc4N(c4c(-c5cccc6sc7ccccc7c56)cc(C(C)(C)C)cc4-c4cccc5sc6ccccc6c45)c4cccc2c43)c(-c2ccccc2)c1. The number of anilines is 6. The summed E-state index contributed by atoms with van der Waals surface area (Å²) in [4.78, 5) is 5.48. The van der Waals surface area contributed by atoms with Gasteiger partial charge in [0.15, 0.2) is 0 Å². The predicted octanol–water partition coefficient (Wildman–Crippen LogP) is 29.8. The van der Waals surface area contributed by atoms with E-state index in [2.05, 4.69) is 434 Å². The first-order valence-corrected chi connectivity index (χ1v) is 41.8. The Bertz CT molecular complexity index is 6720. The number of nitrogens with zero attached hydrogens (tertiary/aromatic N) is 2. The van der Waals surface area contributed by atoms with Crippen LogP contribution in [0.4, 0.5) is 34.1 Å². The second-order valence-electron chi connectivity index (χ2n) is 33.0. The highest BCUT2D eigenvalue weighted by atomic mass is 32.1. The van der Waals surface area contributed by atoms with E-state index in [1.54, 1.807) is 0 Å². The fourth-order valence-electron chi connectivity index (χ4n) is 18.2. The Morgan fingerprint density at radius 3 is 0.870 bits per heavy atom. The molecule has 4 heterocycles. The summed E-state index contributed by atoms with van der Waals surface area (Å²) in [6, 6.07) is 145. The first-order valence-electron chi connectivity index (χ1n) is 40.1. The number of rotatable bonds is 12. The third-order valence-electron chi connectivity index (χ3n) is 23.9. The Hall–Kier alpha value is -13.2. The molecule has 0 bridgehead atoms. The Labute approximate surface area is 681 Å². The molecule has 0 N–H and O–H groups in total. The van der Waals surface area contributed by atoms with Gasteiger partial charge in [0.25, 0.3) is 6.71 Å². The van der Waals surface area contributed by atoms with Gasteiger partial charge in [0.1, 0.15) is 0 Å². The third kappa shape index (κ3) is 12.1. The maximum atomic E-state index is 2.77. The van der Waals surface area contributed by atoms with Crippen molar-refractivity contribution in [2.24, 2.45) is 0 Å². The number of fused-ring (bicyclic) bond motifs is 10. The lowest BCUT2D eigenvalue weighted by Gasteiger charge is -2.46. The Balaban J connectivity index is 0.925. The molecule has 0 amide bonds. The van der Waals surface area contributed by atoms with E-state index in [1.807, 2.05) is 22.7 Å². The molecule has 2 nitrogen and oxygen atoms in total. The zero-order valence-corrected chi connectivity index (χ0v) is 66.8. The van der Waals surface area contributed by atoms with Gasteiger partial charge in [-0.3, -0.25) is 0 Å². The zero-order chi connectivity index (χ0) is 77.2. The minimum atomic E-state index is -0.272. The van der Waals surface area contributed by atoms with Gasteiger partial charge in [0.05, 0.1) is 11.4 Å². The van der Waals surface area contributed by atoms with Crippen molar-refractivity contribution in [3.63, 3.8) is 0 Å². The summed E-state index contributed by atoms with van der Waals surface area (Å²) in [6.07, 6.45) is 0. The maximum absolute atomic E-state index is 2.77. The quantitative estimate of drug-likeness (QED) is 0.113. The molecule has 0 saturated carbocycles. The van der Waals surface area contributed by atoms with Crippen LogP contribution in [0.3, 0.4) is 0 Å². The molecule has 0 spiro atoms. The van der Waals surface area contributed by atoms with Crippen molar-refractivity contribution in [2.75, 3.05) is 9.80 Å². The van der Waals surface area contributed by atoms with Gasteiger partial charge in [-0.05, 0) is 237 Å². The maximum Gasteiger partial charge on any atom is 0.252 e. The van der Waals surface area contributed by atoms with Crippen LogP contribution in [0.5, 0.6) is 0 Å². The summed E-state index contributed by atoms with van der Waals surface area (Å²) in [5, 5.41) is 5.07. The first kappa shape index (κ1) is 69.8. The van der Waals surface area contributed by atoms with E-state index in [-0.39, 0.29) is 17.5 Å². The van der Waals surface area contributed by atoms with E-state index in [0.717, 1.165) is 78.6 Å². The lowest BCUT2D eigenvalue weighted by atomic mass is 9.33. The third-order valence-corrected chi connectivity index (χ3v) is 26.2. The van der Waals surface area contributed by atoms with Crippen molar-refractivity contribution in [2.45, 2.75) is 52.4 Å². The molecule has 0 saturated heterocycles.